The molecule has 0 saturated carbocycles. The first-order valence-electron chi connectivity index (χ1n) is 8.44. The van der Waals surface area contributed by atoms with E-state index in [0.29, 0.717) is 13.1 Å². The molecule has 3 heterocycles. The van der Waals surface area contributed by atoms with Crippen molar-refractivity contribution in [2.24, 2.45) is 11.8 Å². The number of carbonyl (C=O) groups excluding carboxylic acids is 1. The van der Waals surface area contributed by atoms with Crippen molar-refractivity contribution in [1.29, 1.82) is 0 Å². The molecular weight excluding hydrogens is 318 g/mol. The molecule has 2 fully saturated rings. The van der Waals surface area contributed by atoms with E-state index in [0.717, 1.165) is 16.3 Å². The van der Waals surface area contributed by atoms with Crippen molar-refractivity contribution in [3.63, 3.8) is 0 Å². The molecule has 0 aromatic heterocycles. The van der Waals surface area contributed by atoms with Gasteiger partial charge in [-0.1, -0.05) is 48.6 Å². The third-order valence-electron chi connectivity index (χ3n) is 5.65. The van der Waals surface area contributed by atoms with Gasteiger partial charge in [-0.25, -0.2) is 0 Å². The molecule has 2 aromatic rings. The van der Waals surface area contributed by atoms with Crippen LogP contribution in [-0.2, 0) is 20.9 Å². The summed E-state index contributed by atoms with van der Waals surface area (Å²) >= 11 is 0. The molecular formula is C20H17NO4. The largest absolute Gasteiger partial charge is 0.481 e. The van der Waals surface area contributed by atoms with Crippen LogP contribution >= 0.6 is 0 Å². The van der Waals surface area contributed by atoms with Gasteiger partial charge in [0.1, 0.15) is 11.5 Å². The minimum absolute atomic E-state index is 0.118. The van der Waals surface area contributed by atoms with Gasteiger partial charge in [0.2, 0.25) is 5.91 Å². The number of carbonyl (C=O) groups is 2. The van der Waals surface area contributed by atoms with Crippen LogP contribution in [0.4, 0.5) is 0 Å². The number of benzene rings is 2. The Labute approximate surface area is 144 Å². The molecule has 25 heavy (non-hydrogen) atoms. The molecule has 3 aliphatic rings. The molecule has 2 bridgehead atoms. The van der Waals surface area contributed by atoms with Gasteiger partial charge in [-0.2, -0.15) is 0 Å². The van der Waals surface area contributed by atoms with Crippen LogP contribution < -0.4 is 0 Å². The van der Waals surface area contributed by atoms with Crippen LogP contribution in [0.5, 0.6) is 0 Å². The fourth-order valence-electron chi connectivity index (χ4n) is 4.55. The molecule has 0 aliphatic carbocycles. The number of hydrogen-bond acceptors (Lipinski definition) is 3. The summed E-state index contributed by atoms with van der Waals surface area (Å²) in [6.07, 6.45) is 3.21. The molecule has 1 amide bonds. The molecule has 0 radical (unpaired) electrons. The Balaban J connectivity index is 1.45. The Morgan fingerprint density at radius 3 is 2.84 bits per heavy atom. The minimum Gasteiger partial charge on any atom is -0.481 e. The standard InChI is InChI=1S/C20H17NO4/c22-18-17-16(19(23)24)15-7-8-20(17,25-15)11-21(18)10-12-5-6-13-3-1-2-4-14(13)9-12/h1-9,15-17H,10-11H2,(H,23,24). The molecule has 5 heteroatoms. The highest BCUT2D eigenvalue weighted by atomic mass is 16.5. The number of carboxylic acids is 1. The van der Waals surface area contributed by atoms with Crippen LogP contribution in [0.25, 0.3) is 10.8 Å². The van der Waals surface area contributed by atoms with E-state index in [1.54, 1.807) is 11.0 Å². The zero-order valence-corrected chi connectivity index (χ0v) is 13.5. The van der Waals surface area contributed by atoms with Gasteiger partial charge in [-0.15, -0.1) is 0 Å². The first-order valence-corrected chi connectivity index (χ1v) is 8.44. The van der Waals surface area contributed by atoms with E-state index in [9.17, 15) is 14.7 Å². The first-order chi connectivity index (χ1) is 12.1. The number of amides is 1. The van der Waals surface area contributed by atoms with E-state index < -0.39 is 29.5 Å². The average molecular weight is 335 g/mol. The van der Waals surface area contributed by atoms with Crippen LogP contribution in [-0.4, -0.2) is 40.1 Å². The van der Waals surface area contributed by atoms with Gasteiger partial charge in [-0.05, 0) is 22.4 Å². The number of likely N-dealkylation sites (tertiary alicyclic amines) is 1. The van der Waals surface area contributed by atoms with Gasteiger partial charge >= 0.3 is 5.97 Å². The second-order valence-electron chi connectivity index (χ2n) is 7.11. The highest BCUT2D eigenvalue weighted by Crippen LogP contribution is 2.52. The highest BCUT2D eigenvalue weighted by molar-refractivity contribution is 5.91. The predicted molar refractivity (Wildman–Crippen MR) is 90.7 cm³/mol. The van der Waals surface area contributed by atoms with Gasteiger partial charge in [0, 0.05) is 6.54 Å². The third kappa shape index (κ3) is 1.99. The number of fused-ring (bicyclic) bond motifs is 2. The van der Waals surface area contributed by atoms with Crippen molar-refractivity contribution in [1.82, 2.24) is 4.90 Å². The minimum atomic E-state index is -0.956. The van der Waals surface area contributed by atoms with Crippen molar-refractivity contribution < 1.29 is 19.4 Å². The van der Waals surface area contributed by atoms with E-state index in [2.05, 4.69) is 12.1 Å². The highest BCUT2D eigenvalue weighted by Gasteiger charge is 2.66. The Hall–Kier alpha value is -2.66. The number of rotatable bonds is 3. The van der Waals surface area contributed by atoms with Gasteiger partial charge in [-0.3, -0.25) is 9.59 Å². The lowest BCUT2D eigenvalue weighted by Gasteiger charge is -2.21. The molecule has 126 valence electrons. The zero-order chi connectivity index (χ0) is 17.2. The summed E-state index contributed by atoms with van der Waals surface area (Å²) in [5, 5.41) is 11.8. The summed E-state index contributed by atoms with van der Waals surface area (Å²) in [5.74, 6) is -2.46. The smallest absolute Gasteiger partial charge is 0.310 e. The predicted octanol–water partition coefficient (Wildman–Crippen LogP) is 2.21. The van der Waals surface area contributed by atoms with Gasteiger partial charge in [0.05, 0.1) is 18.6 Å². The van der Waals surface area contributed by atoms with Crippen LogP contribution in [0.3, 0.4) is 0 Å². The van der Waals surface area contributed by atoms with Crippen molar-refractivity contribution >= 4 is 22.6 Å². The molecule has 2 aromatic carbocycles. The number of hydrogen-bond donors (Lipinski definition) is 1. The molecule has 3 aliphatic heterocycles. The van der Waals surface area contributed by atoms with Crippen LogP contribution in [0.2, 0.25) is 0 Å². The second kappa shape index (κ2) is 4.92. The topological polar surface area (TPSA) is 66.8 Å². The summed E-state index contributed by atoms with van der Waals surface area (Å²) in [6.45, 7) is 0.885. The molecule has 5 rings (SSSR count). The Morgan fingerprint density at radius 2 is 2.04 bits per heavy atom. The van der Waals surface area contributed by atoms with Gasteiger partial charge in [0.25, 0.3) is 0 Å². The maximum atomic E-state index is 12.9. The number of ether oxygens (including phenoxy) is 1. The second-order valence-corrected chi connectivity index (χ2v) is 7.11. The average Bonchev–Trinajstić information content (AvgIpc) is 3.23. The number of nitrogens with zero attached hydrogens (tertiary/aromatic N) is 1. The molecule has 2 saturated heterocycles. The summed E-state index contributed by atoms with van der Waals surface area (Å²) in [5.41, 5.74) is 0.274. The Kier molecular flexibility index (Phi) is 2.89. The Bertz CT molecular complexity index is 936. The van der Waals surface area contributed by atoms with Crippen molar-refractivity contribution in [3.05, 3.63) is 60.2 Å². The monoisotopic (exact) mass is 335 g/mol. The normalized spacial score (nSPS) is 32.6. The summed E-state index contributed by atoms with van der Waals surface area (Å²) in [6, 6.07) is 14.2. The molecule has 4 unspecified atom stereocenters. The summed E-state index contributed by atoms with van der Waals surface area (Å²) in [4.78, 5) is 26.2. The van der Waals surface area contributed by atoms with E-state index in [1.165, 1.54) is 0 Å². The third-order valence-corrected chi connectivity index (χ3v) is 5.65. The van der Waals surface area contributed by atoms with Crippen molar-refractivity contribution in [2.75, 3.05) is 6.54 Å². The lowest BCUT2D eigenvalue weighted by molar-refractivity contribution is -0.148. The van der Waals surface area contributed by atoms with E-state index in [4.69, 9.17) is 4.74 Å². The van der Waals surface area contributed by atoms with Crippen molar-refractivity contribution in [3.8, 4) is 0 Å². The van der Waals surface area contributed by atoms with E-state index in [1.807, 2.05) is 36.4 Å². The molecule has 1 N–H and O–H groups in total. The quantitative estimate of drug-likeness (QED) is 0.874. The van der Waals surface area contributed by atoms with Crippen LogP contribution in [0.15, 0.2) is 54.6 Å². The summed E-state index contributed by atoms with van der Waals surface area (Å²) < 4.78 is 5.91. The SMILES string of the molecule is O=C(O)C1C2C=CC3(CN(Cc4ccc5ccccc5c4)C(=O)C13)O2. The van der Waals surface area contributed by atoms with Crippen LogP contribution in [0, 0.1) is 11.8 Å². The lowest BCUT2D eigenvalue weighted by Crippen LogP contribution is -2.39. The fourth-order valence-corrected chi connectivity index (χ4v) is 4.55. The number of carboxylic acid groups (broad SMARTS) is 1. The van der Waals surface area contributed by atoms with Gasteiger partial charge in [0.15, 0.2) is 0 Å². The van der Waals surface area contributed by atoms with Gasteiger partial charge < -0.3 is 14.7 Å². The number of aliphatic carboxylic acids is 1. The molecule has 1 spiro atoms. The maximum absolute atomic E-state index is 12.9. The van der Waals surface area contributed by atoms with Crippen LogP contribution in [0.1, 0.15) is 5.56 Å². The maximum Gasteiger partial charge on any atom is 0.310 e. The molecule has 4 atom stereocenters. The first kappa shape index (κ1) is 14.7. The van der Waals surface area contributed by atoms with E-state index >= 15 is 0 Å². The lowest BCUT2D eigenvalue weighted by atomic mass is 9.77. The fraction of sp³-hybridized carbons (Fsp3) is 0.300. The molecule has 5 nitrogen and oxygen atoms in total. The zero-order valence-electron chi connectivity index (χ0n) is 13.5. The van der Waals surface area contributed by atoms with E-state index in [-0.39, 0.29) is 5.91 Å². The van der Waals surface area contributed by atoms with Crippen molar-refractivity contribution in [2.45, 2.75) is 18.2 Å². The summed E-state index contributed by atoms with van der Waals surface area (Å²) in [7, 11) is 0. The Morgan fingerprint density at radius 1 is 1.24 bits per heavy atom.